The van der Waals surface area contributed by atoms with E-state index >= 15 is 0 Å². The van der Waals surface area contributed by atoms with Gasteiger partial charge in [-0.15, -0.1) is 0 Å². The van der Waals surface area contributed by atoms with E-state index in [0.717, 1.165) is 38.5 Å². The van der Waals surface area contributed by atoms with Gasteiger partial charge in [0, 0.05) is 25.1 Å². The Labute approximate surface area is 314 Å². The fourth-order valence-corrected chi connectivity index (χ4v) is 6.71. The van der Waals surface area contributed by atoms with Crippen molar-refractivity contribution in [2.45, 2.75) is 231 Å². The lowest BCUT2D eigenvalue weighted by Gasteiger charge is -2.21. The smallest absolute Gasteiger partial charge is 0.321 e. The van der Waals surface area contributed by atoms with E-state index < -0.39 is 18.1 Å². The number of thiol groups is 1. The Morgan fingerprint density at radius 1 is 0.520 bits per heavy atom. The first-order valence-corrected chi connectivity index (χ1v) is 22.0. The van der Waals surface area contributed by atoms with Crippen LogP contribution in [0.15, 0.2) is 0 Å². The van der Waals surface area contributed by atoms with Gasteiger partial charge in [-0.1, -0.05) is 194 Å². The van der Waals surface area contributed by atoms with E-state index in [1.165, 1.54) is 154 Å². The molecule has 0 bridgehead atoms. The summed E-state index contributed by atoms with van der Waals surface area (Å²) in [5.41, 5.74) is 0. The van der Waals surface area contributed by atoms with Crippen LogP contribution in [0.3, 0.4) is 0 Å². The summed E-state index contributed by atoms with van der Waals surface area (Å²) in [5, 5.41) is 12.2. The molecule has 8 heteroatoms. The molecule has 0 saturated heterocycles. The van der Waals surface area contributed by atoms with Crippen molar-refractivity contribution in [3.8, 4) is 0 Å². The molecule has 0 fully saturated rings. The molecule has 1 unspecified atom stereocenters. The summed E-state index contributed by atoms with van der Waals surface area (Å²) in [6.45, 7) is 4.54. The molecule has 0 radical (unpaired) electrons. The highest BCUT2D eigenvalue weighted by atomic mass is 32.1. The van der Waals surface area contributed by atoms with Crippen LogP contribution in [0.2, 0.25) is 0 Å². The third kappa shape index (κ3) is 35.1. The molecule has 0 amide bonds. The van der Waals surface area contributed by atoms with Crippen LogP contribution in [0, 0.1) is 0 Å². The Morgan fingerprint density at radius 3 is 1.16 bits per heavy atom. The summed E-state index contributed by atoms with van der Waals surface area (Å²) >= 11 is 4.10. The van der Waals surface area contributed by atoms with Crippen LogP contribution in [0.4, 0.5) is 0 Å². The largest absolute Gasteiger partial charge is 0.480 e. The van der Waals surface area contributed by atoms with Crippen molar-refractivity contribution < 1.29 is 29.0 Å². The lowest BCUT2D eigenvalue weighted by molar-refractivity contribution is -0.159. The second kappa shape index (κ2) is 38.9. The highest BCUT2D eigenvalue weighted by Crippen LogP contribution is 2.16. The maximum atomic E-state index is 12.6. The van der Waals surface area contributed by atoms with Gasteiger partial charge in [-0.25, -0.2) is 0 Å². The van der Waals surface area contributed by atoms with E-state index in [9.17, 15) is 19.5 Å². The van der Waals surface area contributed by atoms with Crippen molar-refractivity contribution in [1.29, 1.82) is 0 Å². The van der Waals surface area contributed by atoms with Crippen molar-refractivity contribution in [3.05, 3.63) is 0 Å². The number of hydrogen-bond donors (Lipinski definition) is 3. The number of carboxylic acid groups (broad SMARTS) is 1. The minimum absolute atomic E-state index is 0.0753. The summed E-state index contributed by atoms with van der Waals surface area (Å²) in [5.74, 6) is -1.54. The number of ether oxygens (including phenoxy) is 2. The van der Waals surface area contributed by atoms with Crippen LogP contribution in [-0.4, -0.2) is 54.1 Å². The lowest BCUT2D eigenvalue weighted by atomic mass is 10.0. The van der Waals surface area contributed by atoms with E-state index in [1.54, 1.807) is 0 Å². The molecule has 0 aromatic carbocycles. The summed E-state index contributed by atoms with van der Waals surface area (Å²) in [6.07, 6.45) is 37.9. The molecular weight excluding hydrogens is 647 g/mol. The first kappa shape index (κ1) is 48.7. The lowest BCUT2D eigenvalue weighted by Crippen LogP contribution is -2.44. The average molecular weight is 728 g/mol. The molecule has 50 heavy (non-hydrogen) atoms. The number of carbonyl (C=O) groups excluding carboxylic acids is 2. The maximum absolute atomic E-state index is 12.6. The highest BCUT2D eigenvalue weighted by molar-refractivity contribution is 7.80. The number of aliphatic carboxylic acids is 1. The Balaban J connectivity index is 4.04. The fourth-order valence-electron chi connectivity index (χ4n) is 6.42. The normalized spacial score (nSPS) is 12.5. The quantitative estimate of drug-likeness (QED) is 0.0328. The molecule has 296 valence electrons. The number of rotatable bonds is 40. The number of carbonyl (C=O) groups is 3. The molecule has 2 N–H and O–H groups in total. The van der Waals surface area contributed by atoms with Crippen molar-refractivity contribution in [2.75, 3.05) is 18.9 Å². The number of carboxylic acids is 1. The number of hydrogen-bond acceptors (Lipinski definition) is 7. The van der Waals surface area contributed by atoms with Crippen molar-refractivity contribution in [1.82, 2.24) is 5.32 Å². The zero-order valence-corrected chi connectivity index (χ0v) is 33.7. The predicted molar refractivity (Wildman–Crippen MR) is 213 cm³/mol. The van der Waals surface area contributed by atoms with E-state index in [1.807, 2.05) is 0 Å². The first-order chi connectivity index (χ1) is 24.4. The van der Waals surface area contributed by atoms with Gasteiger partial charge < -0.3 is 14.6 Å². The van der Waals surface area contributed by atoms with Crippen molar-refractivity contribution in [3.63, 3.8) is 0 Å². The maximum Gasteiger partial charge on any atom is 0.321 e. The van der Waals surface area contributed by atoms with E-state index in [0.29, 0.717) is 12.8 Å². The second-order valence-corrected chi connectivity index (χ2v) is 15.0. The molecule has 7 nitrogen and oxygen atoms in total. The molecule has 0 heterocycles. The first-order valence-electron chi connectivity index (χ1n) is 21.4. The van der Waals surface area contributed by atoms with Crippen LogP contribution in [0.1, 0.15) is 219 Å². The van der Waals surface area contributed by atoms with Crippen molar-refractivity contribution >= 4 is 30.5 Å². The molecule has 0 aromatic heterocycles. The van der Waals surface area contributed by atoms with E-state index in [2.05, 4.69) is 31.8 Å². The van der Waals surface area contributed by atoms with Crippen LogP contribution in [0.5, 0.6) is 0 Å². The number of nitrogens with one attached hydrogen (secondary N) is 1. The SMILES string of the molecule is CCCCCCCCCCCCCCCCCC(=O)OCC(CN[C@@H](CS)C(=O)O)OC(=O)CCCCCCCCCCCCCCCCC. The molecule has 0 saturated carbocycles. The zero-order valence-electron chi connectivity index (χ0n) is 32.8. The monoisotopic (exact) mass is 728 g/mol. The van der Waals surface area contributed by atoms with Gasteiger partial charge in [0.05, 0.1) is 0 Å². The average Bonchev–Trinajstić information content (AvgIpc) is 3.10. The molecule has 0 spiro atoms. The minimum atomic E-state index is -1.02. The molecule has 0 aliphatic rings. The summed E-state index contributed by atoms with van der Waals surface area (Å²) in [7, 11) is 0. The van der Waals surface area contributed by atoms with Gasteiger partial charge in [0.2, 0.25) is 0 Å². The van der Waals surface area contributed by atoms with E-state index in [-0.39, 0.29) is 30.8 Å². The van der Waals surface area contributed by atoms with Gasteiger partial charge in [0.1, 0.15) is 18.8 Å². The van der Waals surface area contributed by atoms with Crippen LogP contribution >= 0.6 is 12.6 Å². The summed E-state index contributed by atoms with van der Waals surface area (Å²) in [4.78, 5) is 36.4. The minimum Gasteiger partial charge on any atom is -0.480 e. The Morgan fingerprint density at radius 2 is 0.840 bits per heavy atom. The molecule has 2 atom stereocenters. The molecular formula is C42H81NO6S. The molecule has 0 aliphatic carbocycles. The van der Waals surface area contributed by atoms with E-state index in [4.69, 9.17) is 9.47 Å². The molecule has 0 aliphatic heterocycles. The van der Waals surface area contributed by atoms with Gasteiger partial charge in [-0.3, -0.25) is 19.7 Å². The van der Waals surface area contributed by atoms with Crippen LogP contribution < -0.4 is 5.32 Å². The van der Waals surface area contributed by atoms with Crippen molar-refractivity contribution in [2.24, 2.45) is 0 Å². The standard InChI is InChI=1S/C42H81NO6S/c1-3-5-7-9-11-13-15-17-19-21-23-25-27-29-31-33-40(44)48-36-38(35-43-39(37-50)42(46)47)49-41(45)34-32-30-28-26-24-22-20-18-16-14-12-10-8-6-4-2/h38-39,43,50H,3-37H2,1-2H3,(H,46,47)/t38?,39-/m0/s1. The summed E-state index contributed by atoms with van der Waals surface area (Å²) in [6, 6.07) is -0.869. The Bertz CT molecular complexity index is 767. The molecule has 0 aromatic rings. The fraction of sp³-hybridized carbons (Fsp3) is 0.929. The third-order valence-corrected chi connectivity index (χ3v) is 10.1. The second-order valence-electron chi connectivity index (χ2n) is 14.7. The number of esters is 2. The van der Waals surface area contributed by atoms with Gasteiger partial charge >= 0.3 is 17.9 Å². The van der Waals surface area contributed by atoms with Gasteiger partial charge in [0.15, 0.2) is 0 Å². The highest BCUT2D eigenvalue weighted by Gasteiger charge is 2.21. The Hall–Kier alpha value is -1.28. The van der Waals surface area contributed by atoms with Gasteiger partial charge in [-0.05, 0) is 12.8 Å². The topological polar surface area (TPSA) is 102 Å². The predicted octanol–water partition coefficient (Wildman–Crippen LogP) is 11.9. The molecule has 0 rings (SSSR count). The van der Waals surface area contributed by atoms with Gasteiger partial charge in [-0.2, -0.15) is 12.6 Å². The zero-order chi connectivity index (χ0) is 36.8. The summed E-state index contributed by atoms with van der Waals surface area (Å²) < 4.78 is 11.1. The van der Waals surface area contributed by atoms with Gasteiger partial charge in [0.25, 0.3) is 0 Å². The Kier molecular flexibility index (Phi) is 37.9. The van der Waals surface area contributed by atoms with Crippen LogP contribution in [0.25, 0.3) is 0 Å². The number of unbranched alkanes of at least 4 members (excludes halogenated alkanes) is 28. The third-order valence-electron chi connectivity index (χ3n) is 9.77. The van der Waals surface area contributed by atoms with Crippen LogP contribution in [-0.2, 0) is 23.9 Å².